The number of nitrogens with zero attached hydrogens (tertiary/aromatic N) is 1. The summed E-state index contributed by atoms with van der Waals surface area (Å²) in [7, 11) is 0. The molecule has 112 valence electrons. The summed E-state index contributed by atoms with van der Waals surface area (Å²) >= 11 is 0. The highest BCUT2D eigenvalue weighted by atomic mass is 19.1. The van der Waals surface area contributed by atoms with Crippen LogP contribution in [0.15, 0.2) is 12.1 Å². The van der Waals surface area contributed by atoms with E-state index >= 15 is 0 Å². The molecule has 1 aromatic rings. The standard InChI is InChI=1S/C14H14F2N2O3/c1-7(2)17-11(19)3-4-18-10-6-8(15)5-9(16)12(10)13(20)14(18)21/h5-7H,3-4H2,1-2H3,(H,17,19). The van der Waals surface area contributed by atoms with Crippen molar-refractivity contribution in [3.8, 4) is 0 Å². The number of hydrogen-bond acceptors (Lipinski definition) is 3. The quantitative estimate of drug-likeness (QED) is 0.854. The van der Waals surface area contributed by atoms with Crippen LogP contribution in [0.5, 0.6) is 0 Å². The van der Waals surface area contributed by atoms with Crippen molar-refractivity contribution in [3.63, 3.8) is 0 Å². The molecule has 0 atom stereocenters. The minimum absolute atomic E-state index is 0.0596. The Hall–Kier alpha value is -2.31. The second-order valence-electron chi connectivity index (χ2n) is 5.04. The summed E-state index contributed by atoms with van der Waals surface area (Å²) < 4.78 is 26.9. The maximum Gasteiger partial charge on any atom is 0.299 e. The zero-order valence-corrected chi connectivity index (χ0v) is 11.6. The largest absolute Gasteiger partial charge is 0.354 e. The van der Waals surface area contributed by atoms with Gasteiger partial charge in [-0.15, -0.1) is 0 Å². The minimum atomic E-state index is -1.07. The average molecular weight is 296 g/mol. The molecule has 1 N–H and O–H groups in total. The van der Waals surface area contributed by atoms with Gasteiger partial charge >= 0.3 is 0 Å². The zero-order chi connectivity index (χ0) is 15.7. The number of fused-ring (bicyclic) bond motifs is 1. The highest BCUT2D eigenvalue weighted by Crippen LogP contribution is 2.31. The van der Waals surface area contributed by atoms with Crippen LogP contribution in [0.2, 0.25) is 0 Å². The summed E-state index contributed by atoms with van der Waals surface area (Å²) in [6.07, 6.45) is -0.0607. The van der Waals surface area contributed by atoms with Crippen LogP contribution in [-0.4, -0.2) is 30.2 Å². The Morgan fingerprint density at radius 3 is 2.57 bits per heavy atom. The lowest BCUT2D eigenvalue weighted by atomic mass is 10.1. The topological polar surface area (TPSA) is 66.5 Å². The van der Waals surface area contributed by atoms with Crippen molar-refractivity contribution in [2.45, 2.75) is 26.3 Å². The maximum absolute atomic E-state index is 13.6. The Morgan fingerprint density at radius 1 is 1.29 bits per heavy atom. The van der Waals surface area contributed by atoms with Crippen LogP contribution in [-0.2, 0) is 9.59 Å². The monoisotopic (exact) mass is 296 g/mol. The molecule has 0 spiro atoms. The van der Waals surface area contributed by atoms with Crippen molar-refractivity contribution in [3.05, 3.63) is 29.3 Å². The van der Waals surface area contributed by atoms with E-state index < -0.39 is 28.9 Å². The van der Waals surface area contributed by atoms with E-state index in [2.05, 4.69) is 5.32 Å². The highest BCUT2D eigenvalue weighted by molar-refractivity contribution is 6.52. The molecule has 0 saturated carbocycles. The Balaban J connectivity index is 2.21. The summed E-state index contributed by atoms with van der Waals surface area (Å²) in [5, 5.41) is 2.63. The Morgan fingerprint density at radius 2 is 1.95 bits per heavy atom. The minimum Gasteiger partial charge on any atom is -0.354 e. The number of anilines is 1. The number of ketones is 1. The Labute approximate surface area is 119 Å². The van der Waals surface area contributed by atoms with Gasteiger partial charge in [0.1, 0.15) is 11.6 Å². The van der Waals surface area contributed by atoms with Crippen molar-refractivity contribution in [1.82, 2.24) is 5.32 Å². The van der Waals surface area contributed by atoms with Gasteiger partial charge in [0.25, 0.3) is 11.7 Å². The van der Waals surface area contributed by atoms with Gasteiger partial charge in [-0.1, -0.05) is 0 Å². The van der Waals surface area contributed by atoms with E-state index in [0.717, 1.165) is 11.0 Å². The van der Waals surface area contributed by atoms with Crippen LogP contribution in [0.25, 0.3) is 0 Å². The fourth-order valence-corrected chi connectivity index (χ4v) is 2.17. The van der Waals surface area contributed by atoms with Gasteiger partial charge in [-0.25, -0.2) is 8.78 Å². The van der Waals surface area contributed by atoms with E-state index in [1.54, 1.807) is 13.8 Å². The molecule has 1 aliphatic rings. The van der Waals surface area contributed by atoms with Crippen molar-refractivity contribution in [1.29, 1.82) is 0 Å². The molecule has 0 radical (unpaired) electrons. The average Bonchev–Trinajstić information content (AvgIpc) is 2.58. The zero-order valence-electron chi connectivity index (χ0n) is 11.6. The van der Waals surface area contributed by atoms with Crippen molar-refractivity contribution in [2.24, 2.45) is 0 Å². The van der Waals surface area contributed by atoms with Crippen LogP contribution in [0.1, 0.15) is 30.6 Å². The van der Waals surface area contributed by atoms with Gasteiger partial charge in [0.2, 0.25) is 5.91 Å². The van der Waals surface area contributed by atoms with Crippen LogP contribution in [0.4, 0.5) is 14.5 Å². The Kier molecular flexibility index (Phi) is 4.02. The summed E-state index contributed by atoms with van der Waals surface area (Å²) in [6, 6.07) is 1.41. The van der Waals surface area contributed by atoms with E-state index in [-0.39, 0.29) is 30.6 Å². The lowest BCUT2D eigenvalue weighted by Gasteiger charge is -2.17. The Bertz CT molecular complexity index is 629. The molecule has 0 fully saturated rings. The van der Waals surface area contributed by atoms with Crippen molar-refractivity contribution in [2.75, 3.05) is 11.4 Å². The molecular weight excluding hydrogens is 282 g/mol. The molecule has 0 bridgehead atoms. The molecule has 1 aromatic carbocycles. The van der Waals surface area contributed by atoms with E-state index in [9.17, 15) is 23.2 Å². The SMILES string of the molecule is CC(C)NC(=O)CCN1C(=O)C(=O)c2c(F)cc(F)cc21. The highest BCUT2D eigenvalue weighted by Gasteiger charge is 2.38. The van der Waals surface area contributed by atoms with Gasteiger partial charge in [0.05, 0.1) is 11.3 Å². The van der Waals surface area contributed by atoms with Gasteiger partial charge in [-0.2, -0.15) is 0 Å². The third-order valence-corrected chi connectivity index (χ3v) is 3.00. The summed E-state index contributed by atoms with van der Waals surface area (Å²) in [4.78, 5) is 36.0. The predicted molar refractivity (Wildman–Crippen MR) is 70.9 cm³/mol. The third kappa shape index (κ3) is 2.91. The second-order valence-corrected chi connectivity index (χ2v) is 5.04. The second kappa shape index (κ2) is 5.59. The van der Waals surface area contributed by atoms with Crippen LogP contribution in [0.3, 0.4) is 0 Å². The lowest BCUT2D eigenvalue weighted by molar-refractivity contribution is -0.121. The normalized spacial score (nSPS) is 13.9. The molecule has 1 aliphatic heterocycles. The number of hydrogen-bond donors (Lipinski definition) is 1. The van der Waals surface area contributed by atoms with Crippen molar-refractivity contribution < 1.29 is 23.2 Å². The first-order valence-electron chi connectivity index (χ1n) is 6.46. The van der Waals surface area contributed by atoms with Gasteiger partial charge in [0, 0.05) is 25.1 Å². The molecule has 0 aromatic heterocycles. The predicted octanol–water partition coefficient (Wildman–Crippen LogP) is 1.41. The van der Waals surface area contributed by atoms with E-state index in [1.807, 2.05) is 0 Å². The first kappa shape index (κ1) is 15.1. The van der Waals surface area contributed by atoms with E-state index in [1.165, 1.54) is 0 Å². The number of carbonyl (C=O) groups is 3. The number of benzene rings is 1. The first-order valence-corrected chi connectivity index (χ1v) is 6.46. The van der Waals surface area contributed by atoms with Crippen molar-refractivity contribution >= 4 is 23.3 Å². The first-order chi connectivity index (χ1) is 9.81. The molecule has 0 saturated heterocycles. The van der Waals surface area contributed by atoms with Gasteiger partial charge < -0.3 is 10.2 Å². The summed E-state index contributed by atoms with van der Waals surface area (Å²) in [6.45, 7) is 3.45. The number of Topliss-reactive ketones (excluding diaryl/α,β-unsaturated/α-hetero) is 1. The molecular formula is C14H14F2N2O3. The molecule has 1 heterocycles. The van der Waals surface area contributed by atoms with Crippen LogP contribution >= 0.6 is 0 Å². The van der Waals surface area contributed by atoms with Gasteiger partial charge in [-0.05, 0) is 19.9 Å². The summed E-state index contributed by atoms with van der Waals surface area (Å²) in [5.41, 5.74) is -0.564. The van der Waals surface area contributed by atoms with E-state index in [4.69, 9.17) is 0 Å². The molecule has 0 unspecified atom stereocenters. The van der Waals surface area contributed by atoms with E-state index in [0.29, 0.717) is 6.07 Å². The third-order valence-electron chi connectivity index (χ3n) is 3.00. The smallest absolute Gasteiger partial charge is 0.299 e. The number of rotatable bonds is 4. The summed E-state index contributed by atoms with van der Waals surface area (Å²) in [5.74, 6) is -4.24. The number of nitrogens with one attached hydrogen (secondary N) is 1. The molecule has 2 amide bonds. The number of carbonyl (C=O) groups excluding carboxylic acids is 3. The van der Waals surface area contributed by atoms with Crippen LogP contribution in [0, 0.1) is 11.6 Å². The fourth-order valence-electron chi connectivity index (χ4n) is 2.17. The fraction of sp³-hybridized carbons (Fsp3) is 0.357. The maximum atomic E-state index is 13.6. The lowest BCUT2D eigenvalue weighted by Crippen LogP contribution is -2.36. The molecule has 5 nitrogen and oxygen atoms in total. The molecule has 2 rings (SSSR count). The molecule has 7 heteroatoms. The van der Waals surface area contributed by atoms with Gasteiger partial charge in [0.15, 0.2) is 0 Å². The molecule has 0 aliphatic carbocycles. The molecule has 21 heavy (non-hydrogen) atoms. The number of halogens is 2. The van der Waals surface area contributed by atoms with Crippen LogP contribution < -0.4 is 10.2 Å². The van der Waals surface area contributed by atoms with Gasteiger partial charge in [-0.3, -0.25) is 14.4 Å². The number of amides is 2.